The summed E-state index contributed by atoms with van der Waals surface area (Å²) in [6.07, 6.45) is 7.89. The Morgan fingerprint density at radius 2 is 2.43 bits per heavy atom. The average Bonchev–Trinajstić information content (AvgIpc) is 2.47. The van der Waals surface area contributed by atoms with Crippen molar-refractivity contribution in [3.05, 3.63) is 12.4 Å². The van der Waals surface area contributed by atoms with E-state index in [-0.39, 0.29) is 0 Å². The molecular formula is C10H16BrN3. The Hall–Kier alpha value is -0.510. The minimum Gasteiger partial charge on any atom is -0.338 e. The molecule has 1 aliphatic rings. The summed E-state index contributed by atoms with van der Waals surface area (Å²) in [5, 5.41) is 1.01. The minimum atomic E-state index is 0.716. The Bertz CT molecular complexity index is 293. The molecule has 78 valence electrons. The molecule has 2 rings (SSSR count). The lowest BCUT2D eigenvalue weighted by molar-refractivity contribution is 0.385. The number of imidazole rings is 1. The van der Waals surface area contributed by atoms with Crippen molar-refractivity contribution in [1.29, 1.82) is 0 Å². The van der Waals surface area contributed by atoms with E-state index < -0.39 is 0 Å². The molecule has 0 aromatic carbocycles. The van der Waals surface area contributed by atoms with E-state index in [4.69, 9.17) is 0 Å². The summed E-state index contributed by atoms with van der Waals surface area (Å²) in [5.74, 6) is 1.11. The Balaban J connectivity index is 2.13. The fourth-order valence-electron chi connectivity index (χ4n) is 1.87. The van der Waals surface area contributed by atoms with E-state index in [1.165, 1.54) is 19.3 Å². The van der Waals surface area contributed by atoms with Crippen molar-refractivity contribution >= 4 is 21.9 Å². The van der Waals surface area contributed by atoms with Crippen LogP contribution in [0.15, 0.2) is 12.4 Å². The van der Waals surface area contributed by atoms with Crippen LogP contribution in [0.25, 0.3) is 0 Å². The summed E-state index contributed by atoms with van der Waals surface area (Å²) in [6, 6.07) is 0.716. The summed E-state index contributed by atoms with van der Waals surface area (Å²) in [6.45, 7) is 1.05. The van der Waals surface area contributed by atoms with Gasteiger partial charge in [0.15, 0.2) is 0 Å². The second kappa shape index (κ2) is 4.34. The third kappa shape index (κ3) is 1.80. The first-order valence-electron chi connectivity index (χ1n) is 5.13. The van der Waals surface area contributed by atoms with E-state index in [1.54, 1.807) is 0 Å². The predicted octanol–water partition coefficient (Wildman–Crippen LogP) is 2.17. The van der Waals surface area contributed by atoms with Crippen molar-refractivity contribution in [3.63, 3.8) is 0 Å². The van der Waals surface area contributed by atoms with Gasteiger partial charge in [-0.15, -0.1) is 0 Å². The second-order valence-electron chi connectivity index (χ2n) is 3.81. The molecule has 0 amide bonds. The van der Waals surface area contributed by atoms with Crippen LogP contribution in [-0.4, -0.2) is 27.5 Å². The topological polar surface area (TPSA) is 21.1 Å². The average molecular weight is 258 g/mol. The summed E-state index contributed by atoms with van der Waals surface area (Å²) in [5.41, 5.74) is 0. The van der Waals surface area contributed by atoms with Crippen molar-refractivity contribution in [1.82, 2.24) is 9.55 Å². The van der Waals surface area contributed by atoms with Gasteiger partial charge in [-0.2, -0.15) is 0 Å². The lowest BCUT2D eigenvalue weighted by Crippen LogP contribution is -2.42. The minimum absolute atomic E-state index is 0.716. The summed E-state index contributed by atoms with van der Waals surface area (Å²) in [4.78, 5) is 6.82. The molecule has 1 heterocycles. The molecule has 1 aromatic heterocycles. The van der Waals surface area contributed by atoms with Gasteiger partial charge in [0.05, 0.1) is 0 Å². The van der Waals surface area contributed by atoms with E-state index >= 15 is 0 Å². The van der Waals surface area contributed by atoms with E-state index in [9.17, 15) is 0 Å². The first-order valence-corrected chi connectivity index (χ1v) is 6.25. The number of hydrogen-bond acceptors (Lipinski definition) is 2. The Morgan fingerprint density at radius 3 is 2.86 bits per heavy atom. The first kappa shape index (κ1) is 10.0. The second-order valence-corrected chi connectivity index (χ2v) is 4.60. The van der Waals surface area contributed by atoms with Crippen molar-refractivity contribution in [2.24, 2.45) is 7.05 Å². The maximum absolute atomic E-state index is 4.41. The molecule has 0 atom stereocenters. The number of rotatable bonds is 4. The maximum Gasteiger partial charge on any atom is 0.205 e. The van der Waals surface area contributed by atoms with Crippen molar-refractivity contribution < 1.29 is 0 Å². The van der Waals surface area contributed by atoms with Crippen LogP contribution in [-0.2, 0) is 7.05 Å². The molecule has 0 N–H and O–H groups in total. The van der Waals surface area contributed by atoms with Gasteiger partial charge in [0.2, 0.25) is 5.95 Å². The summed E-state index contributed by atoms with van der Waals surface area (Å²) in [7, 11) is 2.06. The molecule has 1 saturated carbocycles. The highest BCUT2D eigenvalue weighted by atomic mass is 79.9. The fraction of sp³-hybridized carbons (Fsp3) is 0.700. The summed E-state index contributed by atoms with van der Waals surface area (Å²) < 4.78 is 2.10. The Morgan fingerprint density at radius 1 is 1.64 bits per heavy atom. The SMILES string of the molecule is Cn1ccnc1N(CCBr)C1CCC1. The number of hydrogen-bond donors (Lipinski definition) is 0. The van der Waals surface area contributed by atoms with Crippen LogP contribution in [0.4, 0.5) is 5.95 Å². The molecule has 0 unspecified atom stereocenters. The highest BCUT2D eigenvalue weighted by molar-refractivity contribution is 9.09. The molecular weight excluding hydrogens is 242 g/mol. The molecule has 4 heteroatoms. The number of alkyl halides is 1. The third-order valence-electron chi connectivity index (χ3n) is 2.89. The first-order chi connectivity index (χ1) is 6.83. The van der Waals surface area contributed by atoms with E-state index in [1.807, 2.05) is 12.4 Å². The number of nitrogens with zero attached hydrogens (tertiary/aromatic N) is 3. The molecule has 1 fully saturated rings. The van der Waals surface area contributed by atoms with Gasteiger partial charge in [-0.25, -0.2) is 4.98 Å². The number of anilines is 1. The Kier molecular flexibility index (Phi) is 3.11. The fourth-order valence-corrected chi connectivity index (χ4v) is 2.25. The van der Waals surface area contributed by atoms with Crippen LogP contribution in [0, 0.1) is 0 Å². The molecule has 0 saturated heterocycles. The van der Waals surface area contributed by atoms with Gasteiger partial charge < -0.3 is 9.47 Å². The van der Waals surface area contributed by atoms with Crippen molar-refractivity contribution in [2.45, 2.75) is 25.3 Å². The largest absolute Gasteiger partial charge is 0.338 e. The normalized spacial score (nSPS) is 16.7. The molecule has 0 bridgehead atoms. The van der Waals surface area contributed by atoms with E-state index in [2.05, 4.69) is 37.4 Å². The lowest BCUT2D eigenvalue weighted by Gasteiger charge is -2.37. The van der Waals surface area contributed by atoms with Gasteiger partial charge in [-0.1, -0.05) is 15.9 Å². The summed E-state index contributed by atoms with van der Waals surface area (Å²) >= 11 is 3.50. The molecule has 3 nitrogen and oxygen atoms in total. The van der Waals surface area contributed by atoms with Crippen LogP contribution in [0.5, 0.6) is 0 Å². The van der Waals surface area contributed by atoms with E-state index in [0.29, 0.717) is 6.04 Å². The highest BCUT2D eigenvalue weighted by Crippen LogP contribution is 2.28. The van der Waals surface area contributed by atoms with Crippen LogP contribution in [0.3, 0.4) is 0 Å². The van der Waals surface area contributed by atoms with Gasteiger partial charge in [-0.05, 0) is 19.3 Å². The van der Waals surface area contributed by atoms with E-state index in [0.717, 1.165) is 17.8 Å². The lowest BCUT2D eigenvalue weighted by atomic mass is 9.92. The van der Waals surface area contributed by atoms with Crippen LogP contribution < -0.4 is 4.90 Å². The molecule has 1 aromatic rings. The highest BCUT2D eigenvalue weighted by Gasteiger charge is 2.26. The zero-order chi connectivity index (χ0) is 9.97. The van der Waals surface area contributed by atoms with Gasteiger partial charge in [0, 0.05) is 37.4 Å². The quantitative estimate of drug-likeness (QED) is 0.772. The van der Waals surface area contributed by atoms with Crippen LogP contribution in [0.2, 0.25) is 0 Å². The monoisotopic (exact) mass is 257 g/mol. The van der Waals surface area contributed by atoms with Gasteiger partial charge in [-0.3, -0.25) is 0 Å². The van der Waals surface area contributed by atoms with Gasteiger partial charge in [0.1, 0.15) is 0 Å². The zero-order valence-corrected chi connectivity index (χ0v) is 10.1. The molecule has 0 aliphatic heterocycles. The van der Waals surface area contributed by atoms with Crippen LogP contribution >= 0.6 is 15.9 Å². The Labute approximate surface area is 93.2 Å². The third-order valence-corrected chi connectivity index (χ3v) is 3.25. The standard InChI is InChI=1S/C10H16BrN3/c1-13-8-6-12-10(13)14(7-5-11)9-3-2-4-9/h6,8-9H,2-5,7H2,1H3. The number of halogens is 1. The van der Waals surface area contributed by atoms with Gasteiger partial charge >= 0.3 is 0 Å². The van der Waals surface area contributed by atoms with Gasteiger partial charge in [0.25, 0.3) is 0 Å². The van der Waals surface area contributed by atoms with Crippen LogP contribution in [0.1, 0.15) is 19.3 Å². The van der Waals surface area contributed by atoms with Crippen molar-refractivity contribution in [3.8, 4) is 0 Å². The van der Waals surface area contributed by atoms with Crippen molar-refractivity contribution in [2.75, 3.05) is 16.8 Å². The number of aryl methyl sites for hydroxylation is 1. The molecule has 0 spiro atoms. The maximum atomic E-state index is 4.41. The molecule has 0 radical (unpaired) electrons. The number of aromatic nitrogens is 2. The smallest absolute Gasteiger partial charge is 0.205 e. The predicted molar refractivity (Wildman–Crippen MR) is 62.0 cm³/mol. The molecule has 1 aliphatic carbocycles. The zero-order valence-electron chi connectivity index (χ0n) is 8.49. The molecule has 14 heavy (non-hydrogen) atoms.